The molecule has 0 aliphatic heterocycles. The Morgan fingerprint density at radius 2 is 1.59 bits per heavy atom. The molecule has 3 saturated carbocycles. The first-order chi connectivity index (χ1) is 15.2. The van der Waals surface area contributed by atoms with E-state index in [1.165, 1.54) is 14.2 Å². The summed E-state index contributed by atoms with van der Waals surface area (Å²) in [6.07, 6.45) is 5.34. The molecule has 0 aromatic heterocycles. The average Bonchev–Trinajstić information content (AvgIpc) is 3.11. The van der Waals surface area contributed by atoms with E-state index in [1.807, 2.05) is 20.6 Å². The summed E-state index contributed by atoms with van der Waals surface area (Å²) in [6, 6.07) is 0. The fourth-order valence-corrected chi connectivity index (χ4v) is 6.07. The first kappa shape index (κ1) is 29.9. The van der Waals surface area contributed by atoms with Crippen LogP contribution in [0.4, 0.5) is 0 Å². The molecular weight excluding hydrogens is 410 g/mol. The van der Waals surface area contributed by atoms with Gasteiger partial charge in [-0.15, -0.1) is 13.2 Å². The quantitative estimate of drug-likeness (QED) is 0.386. The van der Waals surface area contributed by atoms with Crippen LogP contribution in [0.1, 0.15) is 71.6 Å². The number of hydrogen-bond donors (Lipinski definition) is 1. The molecule has 3 rings (SSSR count). The van der Waals surface area contributed by atoms with Crippen LogP contribution in [-0.2, 0) is 28.7 Å². The molecule has 5 atom stereocenters. The standard InChI is InChI=1S/C21H30O5.C2H4.CH5N.CH2O/c1-20(11-5-4-6-18(25)26-3)16(23)9-7-13-14-8-10-17(24)21(14,2)12-15(22)19(13)20;3*1-2/h13-14,19H,4-12H2,1-3H3;1-2H2;2H2,1H3;1H2/t13?,14?,19?,20-,21?;;;/m0.../s1. The molecule has 7 nitrogen and oxygen atoms in total. The second-order valence-corrected chi connectivity index (χ2v) is 8.93. The predicted octanol–water partition coefficient (Wildman–Crippen LogP) is 3.47. The lowest BCUT2D eigenvalue weighted by molar-refractivity contribution is -0.160. The summed E-state index contributed by atoms with van der Waals surface area (Å²) >= 11 is 0. The normalized spacial score (nSPS) is 32.5. The van der Waals surface area contributed by atoms with Crippen molar-refractivity contribution in [1.82, 2.24) is 0 Å². The van der Waals surface area contributed by atoms with Crippen LogP contribution in [0.2, 0.25) is 0 Å². The van der Waals surface area contributed by atoms with Crippen molar-refractivity contribution in [3.63, 3.8) is 0 Å². The Hall–Kier alpha value is -2.15. The largest absolute Gasteiger partial charge is 0.469 e. The summed E-state index contributed by atoms with van der Waals surface area (Å²) in [6.45, 7) is 11.9. The van der Waals surface area contributed by atoms with E-state index in [0.29, 0.717) is 38.5 Å². The molecule has 7 heteroatoms. The van der Waals surface area contributed by atoms with Crippen molar-refractivity contribution in [2.45, 2.75) is 71.6 Å². The number of carbonyl (C=O) groups excluding carboxylic acids is 5. The van der Waals surface area contributed by atoms with E-state index in [-0.39, 0.29) is 41.1 Å². The molecule has 3 fully saturated rings. The van der Waals surface area contributed by atoms with E-state index in [1.54, 1.807) is 0 Å². The van der Waals surface area contributed by atoms with E-state index in [9.17, 15) is 19.2 Å². The number of ether oxygens (including phenoxy) is 1. The number of hydrogen-bond acceptors (Lipinski definition) is 7. The molecular formula is C25H41NO6. The number of methoxy groups -OCH3 is 1. The number of unbranched alkanes of at least 4 members (excludes halogenated alkanes) is 1. The third kappa shape index (κ3) is 5.80. The maximum atomic E-state index is 13.1. The number of esters is 1. The second kappa shape index (κ2) is 13.4. The van der Waals surface area contributed by atoms with Crippen molar-refractivity contribution in [2.75, 3.05) is 14.2 Å². The van der Waals surface area contributed by atoms with Crippen molar-refractivity contribution < 1.29 is 28.7 Å². The molecule has 0 heterocycles. The number of ketones is 3. The van der Waals surface area contributed by atoms with Crippen LogP contribution < -0.4 is 5.73 Å². The van der Waals surface area contributed by atoms with Crippen LogP contribution in [-0.4, -0.2) is 44.3 Å². The van der Waals surface area contributed by atoms with Gasteiger partial charge in [0.25, 0.3) is 0 Å². The maximum absolute atomic E-state index is 13.1. The van der Waals surface area contributed by atoms with Gasteiger partial charge in [0, 0.05) is 42.4 Å². The Morgan fingerprint density at radius 3 is 2.16 bits per heavy atom. The molecule has 4 unspecified atom stereocenters. The number of carbonyl (C=O) groups is 5. The lowest BCUT2D eigenvalue weighted by Gasteiger charge is -2.53. The minimum atomic E-state index is -0.650. The Balaban J connectivity index is 0.00000148. The van der Waals surface area contributed by atoms with Gasteiger partial charge in [-0.25, -0.2) is 0 Å². The Morgan fingerprint density at radius 1 is 1.03 bits per heavy atom. The predicted molar refractivity (Wildman–Crippen MR) is 124 cm³/mol. The third-order valence-corrected chi connectivity index (χ3v) is 7.55. The zero-order chi connectivity index (χ0) is 25.1. The molecule has 2 N–H and O–H groups in total. The molecule has 0 saturated heterocycles. The van der Waals surface area contributed by atoms with Gasteiger partial charge in [0.05, 0.1) is 7.11 Å². The molecule has 3 aliphatic carbocycles. The van der Waals surface area contributed by atoms with Crippen LogP contribution in [0.15, 0.2) is 13.2 Å². The number of rotatable bonds is 5. The molecule has 0 spiro atoms. The summed E-state index contributed by atoms with van der Waals surface area (Å²) in [5.41, 5.74) is 3.34. The Bertz CT molecular complexity index is 675. The van der Waals surface area contributed by atoms with Gasteiger partial charge in [-0.05, 0) is 44.6 Å². The molecule has 0 aromatic carbocycles. The zero-order valence-electron chi connectivity index (χ0n) is 20.2. The maximum Gasteiger partial charge on any atom is 0.305 e. The van der Waals surface area contributed by atoms with E-state index in [2.05, 4.69) is 23.6 Å². The minimum Gasteiger partial charge on any atom is -0.469 e. The highest BCUT2D eigenvalue weighted by Gasteiger charge is 2.62. The van der Waals surface area contributed by atoms with E-state index < -0.39 is 10.8 Å². The van der Waals surface area contributed by atoms with E-state index in [0.717, 1.165) is 19.3 Å². The smallest absolute Gasteiger partial charge is 0.305 e. The average molecular weight is 452 g/mol. The van der Waals surface area contributed by atoms with Gasteiger partial charge >= 0.3 is 5.97 Å². The van der Waals surface area contributed by atoms with Gasteiger partial charge in [-0.3, -0.25) is 19.2 Å². The van der Waals surface area contributed by atoms with Crippen LogP contribution in [0.5, 0.6) is 0 Å². The Labute approximate surface area is 192 Å². The first-order valence-corrected chi connectivity index (χ1v) is 11.3. The first-order valence-electron chi connectivity index (χ1n) is 11.3. The van der Waals surface area contributed by atoms with Crippen molar-refractivity contribution in [2.24, 2.45) is 34.3 Å². The highest BCUT2D eigenvalue weighted by molar-refractivity contribution is 5.99. The third-order valence-electron chi connectivity index (χ3n) is 7.55. The monoisotopic (exact) mass is 451 g/mol. The van der Waals surface area contributed by atoms with E-state index in [4.69, 9.17) is 4.79 Å². The van der Waals surface area contributed by atoms with Gasteiger partial charge in [0.2, 0.25) is 0 Å². The molecule has 182 valence electrons. The van der Waals surface area contributed by atoms with Crippen molar-refractivity contribution in [1.29, 1.82) is 0 Å². The highest BCUT2D eigenvalue weighted by atomic mass is 16.5. The summed E-state index contributed by atoms with van der Waals surface area (Å²) in [5, 5.41) is 0. The Kier molecular flexibility index (Phi) is 12.5. The van der Waals surface area contributed by atoms with Crippen LogP contribution in [0.25, 0.3) is 0 Å². The van der Waals surface area contributed by atoms with Crippen LogP contribution in [0, 0.1) is 28.6 Å². The highest BCUT2D eigenvalue weighted by Crippen LogP contribution is 2.60. The fourth-order valence-electron chi connectivity index (χ4n) is 6.07. The SMILES string of the molecule is C=C.C=O.CN.COC(=O)CCCC[C@@]1(C)C(=O)CCC2C3CCC(=O)C3(C)CC(=O)C21. The van der Waals surface area contributed by atoms with Crippen molar-refractivity contribution >= 4 is 30.1 Å². The van der Waals surface area contributed by atoms with Gasteiger partial charge in [0.1, 0.15) is 24.1 Å². The summed E-state index contributed by atoms with van der Waals surface area (Å²) < 4.78 is 4.67. The summed E-state index contributed by atoms with van der Waals surface area (Å²) in [4.78, 5) is 57.6. The molecule has 3 aliphatic rings. The van der Waals surface area contributed by atoms with Crippen LogP contribution in [0.3, 0.4) is 0 Å². The van der Waals surface area contributed by atoms with Gasteiger partial charge in [0.15, 0.2) is 0 Å². The lowest BCUT2D eigenvalue weighted by Crippen LogP contribution is -2.56. The van der Waals surface area contributed by atoms with Crippen molar-refractivity contribution in [3.8, 4) is 0 Å². The van der Waals surface area contributed by atoms with Gasteiger partial charge in [-0.2, -0.15) is 0 Å². The second-order valence-electron chi connectivity index (χ2n) is 8.93. The molecule has 0 radical (unpaired) electrons. The summed E-state index contributed by atoms with van der Waals surface area (Å²) in [5.74, 6) is 0.399. The topological polar surface area (TPSA) is 121 Å². The zero-order valence-corrected chi connectivity index (χ0v) is 20.2. The number of nitrogens with two attached hydrogens (primary N) is 1. The molecule has 0 bridgehead atoms. The fraction of sp³-hybridized carbons (Fsp3) is 0.720. The number of fused-ring (bicyclic) bond motifs is 3. The lowest BCUT2D eigenvalue weighted by atomic mass is 9.48. The number of Topliss-reactive ketones (excluding diaryl/α,β-unsaturated/α-hetero) is 3. The minimum absolute atomic E-state index is 0.104. The molecule has 0 amide bonds. The molecule has 0 aromatic rings. The van der Waals surface area contributed by atoms with Gasteiger partial charge in [-0.1, -0.05) is 20.3 Å². The van der Waals surface area contributed by atoms with Crippen LogP contribution >= 0.6 is 0 Å². The summed E-state index contributed by atoms with van der Waals surface area (Å²) in [7, 11) is 2.87. The van der Waals surface area contributed by atoms with E-state index >= 15 is 0 Å². The van der Waals surface area contributed by atoms with Gasteiger partial charge < -0.3 is 15.3 Å². The molecule has 32 heavy (non-hydrogen) atoms. The van der Waals surface area contributed by atoms with Crippen molar-refractivity contribution in [3.05, 3.63) is 13.2 Å².